The molecule has 3 aromatic rings. The number of carbonyl (C=O) groups excluding carboxylic acids is 1. The fourth-order valence-corrected chi connectivity index (χ4v) is 3.64. The maximum Gasteiger partial charge on any atom is 0.328 e. The number of nitrogens with one attached hydrogen (secondary N) is 1. The first-order valence-corrected chi connectivity index (χ1v) is 9.28. The van der Waals surface area contributed by atoms with Gasteiger partial charge in [-0.25, -0.2) is 4.79 Å². The molecule has 1 N–H and O–H groups in total. The van der Waals surface area contributed by atoms with Crippen LogP contribution >= 0.6 is 11.8 Å². The molecule has 25 heavy (non-hydrogen) atoms. The zero-order valence-electron chi connectivity index (χ0n) is 14.4. The lowest BCUT2D eigenvalue weighted by atomic mass is 10.2. The minimum absolute atomic E-state index is 0.0131. The Morgan fingerprint density at radius 3 is 2.52 bits per heavy atom. The Labute approximate surface area is 150 Å². The van der Waals surface area contributed by atoms with Gasteiger partial charge in [0.15, 0.2) is 0 Å². The second-order valence-corrected chi connectivity index (χ2v) is 7.05. The predicted octanol–water partition coefficient (Wildman–Crippen LogP) is 3.14. The number of imidazole rings is 1. The van der Waals surface area contributed by atoms with Crippen LogP contribution in [-0.4, -0.2) is 20.8 Å². The highest BCUT2D eigenvalue weighted by atomic mass is 32.2. The van der Waals surface area contributed by atoms with Crippen LogP contribution in [0.15, 0.2) is 53.3 Å². The summed E-state index contributed by atoms with van der Waals surface area (Å²) in [5.41, 5.74) is 3.57. The van der Waals surface area contributed by atoms with Gasteiger partial charge in [0.05, 0.1) is 11.0 Å². The Balaban J connectivity index is 1.55. The summed E-state index contributed by atoms with van der Waals surface area (Å²) in [6.45, 7) is 0. The fourth-order valence-electron chi connectivity index (χ4n) is 2.74. The van der Waals surface area contributed by atoms with E-state index in [0.717, 1.165) is 22.5 Å². The zero-order chi connectivity index (χ0) is 17.8. The van der Waals surface area contributed by atoms with Gasteiger partial charge >= 0.3 is 5.69 Å². The van der Waals surface area contributed by atoms with Gasteiger partial charge in [0.25, 0.3) is 0 Å². The van der Waals surface area contributed by atoms with E-state index in [-0.39, 0.29) is 11.6 Å². The minimum Gasteiger partial charge on any atom is -0.326 e. The third-order valence-corrected chi connectivity index (χ3v) is 5.17. The number of anilines is 1. The standard InChI is InChI=1S/C19H21N3O2S/c1-21-16-9-8-15(12-17(16)22(2)19(21)24)20-18(23)10-11-25-13-14-6-4-3-5-7-14/h3-9,12H,10-11,13H2,1-2H3,(H,20,23). The van der Waals surface area contributed by atoms with Crippen molar-refractivity contribution >= 4 is 34.4 Å². The van der Waals surface area contributed by atoms with E-state index in [4.69, 9.17) is 0 Å². The number of aromatic nitrogens is 2. The smallest absolute Gasteiger partial charge is 0.326 e. The number of carbonyl (C=O) groups is 1. The number of benzene rings is 2. The van der Waals surface area contributed by atoms with Gasteiger partial charge in [0.1, 0.15) is 0 Å². The molecular weight excluding hydrogens is 334 g/mol. The van der Waals surface area contributed by atoms with Gasteiger partial charge in [0.2, 0.25) is 5.91 Å². The molecule has 130 valence electrons. The average molecular weight is 355 g/mol. The summed E-state index contributed by atoms with van der Waals surface area (Å²) in [7, 11) is 3.48. The Morgan fingerprint density at radius 2 is 1.76 bits per heavy atom. The lowest BCUT2D eigenvalue weighted by Crippen LogP contribution is -2.19. The highest BCUT2D eigenvalue weighted by Crippen LogP contribution is 2.18. The highest BCUT2D eigenvalue weighted by Gasteiger charge is 2.09. The molecule has 1 aromatic heterocycles. The molecule has 0 aliphatic carbocycles. The second-order valence-electron chi connectivity index (χ2n) is 5.94. The van der Waals surface area contributed by atoms with Crippen LogP contribution in [0, 0.1) is 0 Å². The molecule has 6 heteroatoms. The number of rotatable bonds is 6. The SMILES string of the molecule is Cn1c(=O)n(C)c2cc(NC(=O)CCSCc3ccccc3)ccc21. The third kappa shape index (κ3) is 3.96. The van der Waals surface area contributed by atoms with E-state index in [0.29, 0.717) is 12.1 Å². The molecule has 0 bridgehead atoms. The summed E-state index contributed by atoms with van der Waals surface area (Å²) in [5, 5.41) is 2.91. The Morgan fingerprint density at radius 1 is 1.04 bits per heavy atom. The maximum absolute atomic E-state index is 12.1. The van der Waals surface area contributed by atoms with Crippen LogP contribution in [0.2, 0.25) is 0 Å². The van der Waals surface area contributed by atoms with Crippen LogP contribution in [0.4, 0.5) is 5.69 Å². The van der Waals surface area contributed by atoms with Crippen LogP contribution in [0.5, 0.6) is 0 Å². The van der Waals surface area contributed by atoms with E-state index < -0.39 is 0 Å². The van der Waals surface area contributed by atoms with Gasteiger partial charge in [-0.05, 0) is 23.8 Å². The van der Waals surface area contributed by atoms with Crippen LogP contribution in [0.3, 0.4) is 0 Å². The molecule has 5 nitrogen and oxygen atoms in total. The average Bonchev–Trinajstić information content (AvgIpc) is 2.84. The minimum atomic E-state index is -0.0733. The van der Waals surface area contributed by atoms with Crippen LogP contribution in [0.1, 0.15) is 12.0 Å². The summed E-state index contributed by atoms with van der Waals surface area (Å²) in [4.78, 5) is 24.1. The van der Waals surface area contributed by atoms with Crippen LogP contribution in [0.25, 0.3) is 11.0 Å². The van der Waals surface area contributed by atoms with Gasteiger partial charge in [-0.2, -0.15) is 11.8 Å². The van der Waals surface area contributed by atoms with E-state index in [2.05, 4.69) is 17.4 Å². The largest absolute Gasteiger partial charge is 0.328 e. The first-order chi connectivity index (χ1) is 12.1. The van der Waals surface area contributed by atoms with E-state index in [1.807, 2.05) is 36.4 Å². The second kappa shape index (κ2) is 7.61. The lowest BCUT2D eigenvalue weighted by molar-refractivity contribution is -0.115. The topological polar surface area (TPSA) is 56.0 Å². The summed E-state index contributed by atoms with van der Waals surface area (Å²) in [6, 6.07) is 15.8. The van der Waals surface area contributed by atoms with Crippen LogP contribution in [-0.2, 0) is 24.6 Å². The molecule has 0 aliphatic rings. The summed E-state index contributed by atoms with van der Waals surface area (Å²) < 4.78 is 3.18. The maximum atomic E-state index is 12.1. The van der Waals surface area contributed by atoms with Crippen molar-refractivity contribution in [3.05, 3.63) is 64.6 Å². The highest BCUT2D eigenvalue weighted by molar-refractivity contribution is 7.98. The predicted molar refractivity (Wildman–Crippen MR) is 104 cm³/mol. The zero-order valence-corrected chi connectivity index (χ0v) is 15.2. The molecule has 2 aromatic carbocycles. The van der Waals surface area contributed by atoms with Crippen molar-refractivity contribution in [1.29, 1.82) is 0 Å². The van der Waals surface area contributed by atoms with Crippen molar-refractivity contribution in [2.45, 2.75) is 12.2 Å². The molecule has 1 amide bonds. The monoisotopic (exact) mass is 355 g/mol. The van der Waals surface area contributed by atoms with Gasteiger partial charge < -0.3 is 5.32 Å². The third-order valence-electron chi connectivity index (χ3n) is 4.14. The molecule has 0 radical (unpaired) electrons. The van der Waals surface area contributed by atoms with Crippen molar-refractivity contribution in [3.8, 4) is 0 Å². The number of fused-ring (bicyclic) bond motifs is 1. The van der Waals surface area contributed by atoms with Gasteiger partial charge in [0, 0.05) is 37.7 Å². The summed E-state index contributed by atoms with van der Waals surface area (Å²) in [6.07, 6.45) is 0.462. The first-order valence-electron chi connectivity index (χ1n) is 8.13. The number of thioether (sulfide) groups is 1. The Kier molecular flexibility index (Phi) is 5.28. The van der Waals surface area contributed by atoms with E-state index in [1.165, 1.54) is 5.56 Å². The molecule has 1 heterocycles. The van der Waals surface area contributed by atoms with Crippen molar-refractivity contribution in [2.24, 2.45) is 14.1 Å². The number of hydrogen-bond acceptors (Lipinski definition) is 3. The molecule has 0 spiro atoms. The van der Waals surface area contributed by atoms with Gasteiger partial charge in [-0.15, -0.1) is 0 Å². The van der Waals surface area contributed by atoms with Crippen molar-refractivity contribution in [3.63, 3.8) is 0 Å². The molecule has 0 saturated carbocycles. The van der Waals surface area contributed by atoms with Gasteiger partial charge in [-0.3, -0.25) is 13.9 Å². The normalized spacial score (nSPS) is 11.0. The van der Waals surface area contributed by atoms with Gasteiger partial charge in [-0.1, -0.05) is 30.3 Å². The Bertz CT molecular complexity index is 944. The number of nitrogens with zero attached hydrogens (tertiary/aromatic N) is 2. The molecule has 3 rings (SSSR count). The molecule has 0 atom stereocenters. The summed E-state index contributed by atoms with van der Waals surface area (Å²) >= 11 is 1.75. The van der Waals surface area contributed by atoms with Crippen LogP contribution < -0.4 is 11.0 Å². The van der Waals surface area contributed by atoms with E-state index in [1.54, 1.807) is 35.0 Å². The Hall–Kier alpha value is -2.47. The number of hydrogen-bond donors (Lipinski definition) is 1. The molecule has 0 fully saturated rings. The van der Waals surface area contributed by atoms with E-state index >= 15 is 0 Å². The van der Waals surface area contributed by atoms with Crippen molar-refractivity contribution in [2.75, 3.05) is 11.1 Å². The fraction of sp³-hybridized carbons (Fsp3) is 0.263. The molecule has 0 saturated heterocycles. The number of aryl methyl sites for hydroxylation is 2. The molecule has 0 unspecified atom stereocenters. The quantitative estimate of drug-likeness (QED) is 0.691. The molecular formula is C19H21N3O2S. The molecule has 0 aliphatic heterocycles. The first kappa shape index (κ1) is 17.4. The van der Waals surface area contributed by atoms with E-state index in [9.17, 15) is 9.59 Å². The van der Waals surface area contributed by atoms with Crippen molar-refractivity contribution < 1.29 is 4.79 Å². The number of amides is 1. The summed E-state index contributed by atoms with van der Waals surface area (Å²) in [5.74, 6) is 1.67. The lowest BCUT2D eigenvalue weighted by Gasteiger charge is -2.06. The van der Waals surface area contributed by atoms with Crippen molar-refractivity contribution in [1.82, 2.24) is 9.13 Å².